The molecule has 1 heterocycles. The molecule has 0 saturated heterocycles. The maximum absolute atomic E-state index is 14.0. The van der Waals surface area contributed by atoms with Gasteiger partial charge >= 0.3 is 6.09 Å². The molecule has 0 fully saturated rings. The number of hydrogen-bond acceptors (Lipinski definition) is 7. The van der Waals surface area contributed by atoms with Crippen molar-refractivity contribution in [2.45, 2.75) is 117 Å². The van der Waals surface area contributed by atoms with Gasteiger partial charge in [0, 0.05) is 19.2 Å². The van der Waals surface area contributed by atoms with Crippen LogP contribution < -0.4 is 25.8 Å². The maximum atomic E-state index is 14.0. The van der Waals surface area contributed by atoms with E-state index in [2.05, 4.69) is 61.8 Å². The van der Waals surface area contributed by atoms with Crippen LogP contribution >= 0.6 is 0 Å². The molecule has 3 atom stereocenters. The van der Waals surface area contributed by atoms with Crippen LogP contribution in [0.5, 0.6) is 5.75 Å². The molecule has 0 aromatic heterocycles. The lowest BCUT2D eigenvalue weighted by Gasteiger charge is -2.36. The molecule has 46 heavy (non-hydrogen) atoms. The number of nitrogens with one attached hydrogen (secondary N) is 4. The number of nitrogens with zero attached hydrogens (tertiary/aromatic N) is 1. The first-order valence-electron chi connectivity index (χ1n) is 16.0. The van der Waals surface area contributed by atoms with Crippen LogP contribution in [-0.2, 0) is 25.5 Å². The highest BCUT2D eigenvalue weighted by molar-refractivity contribution is 6.74. The molecule has 1 aromatic carbocycles. The first kappa shape index (κ1) is 38.5. The van der Waals surface area contributed by atoms with Crippen molar-refractivity contribution in [3.8, 4) is 5.75 Å². The number of hydrogen-bond donors (Lipinski definition) is 4. The summed E-state index contributed by atoms with van der Waals surface area (Å²) in [7, 11) is -2.13. The van der Waals surface area contributed by atoms with E-state index < -0.39 is 50.0 Å². The van der Waals surface area contributed by atoms with Crippen LogP contribution in [0, 0.1) is 5.92 Å². The zero-order valence-corrected chi connectivity index (χ0v) is 30.3. The Labute approximate surface area is 276 Å². The fourth-order valence-corrected chi connectivity index (χ4v) is 5.33. The second-order valence-corrected chi connectivity index (χ2v) is 19.2. The van der Waals surface area contributed by atoms with E-state index in [9.17, 15) is 19.2 Å². The number of carbonyl (C=O) groups is 4. The van der Waals surface area contributed by atoms with Gasteiger partial charge in [0.25, 0.3) is 5.91 Å². The van der Waals surface area contributed by atoms with Gasteiger partial charge in [0.05, 0.1) is 0 Å². The third kappa shape index (κ3) is 11.9. The van der Waals surface area contributed by atoms with Gasteiger partial charge in [-0.3, -0.25) is 19.4 Å². The summed E-state index contributed by atoms with van der Waals surface area (Å²) in [6.45, 7) is 23.7. The molecule has 2 rings (SSSR count). The molecule has 2 unspecified atom stereocenters. The van der Waals surface area contributed by atoms with E-state index in [1.807, 2.05) is 24.3 Å². The molecule has 1 aromatic rings. The molecule has 11 nitrogen and oxygen atoms in total. The topological polar surface area (TPSA) is 138 Å². The fraction of sp³-hybridized carbons (Fsp3) is 0.588. The number of benzene rings is 1. The van der Waals surface area contributed by atoms with Crippen LogP contribution in [0.3, 0.4) is 0 Å². The van der Waals surface area contributed by atoms with E-state index in [0.29, 0.717) is 25.1 Å². The lowest BCUT2D eigenvalue weighted by Crippen LogP contribution is -2.60. The smallest absolute Gasteiger partial charge is 0.408 e. The van der Waals surface area contributed by atoms with E-state index in [1.165, 1.54) is 5.01 Å². The summed E-state index contributed by atoms with van der Waals surface area (Å²) in [6.07, 6.45) is 5.43. The van der Waals surface area contributed by atoms with Crippen molar-refractivity contribution in [2.24, 2.45) is 5.92 Å². The predicted octanol–water partition coefficient (Wildman–Crippen LogP) is 4.96. The quantitative estimate of drug-likeness (QED) is 0.134. The van der Waals surface area contributed by atoms with E-state index >= 15 is 0 Å². The van der Waals surface area contributed by atoms with Crippen LogP contribution in [-0.4, -0.2) is 67.4 Å². The zero-order chi connectivity index (χ0) is 34.9. The molecule has 12 heteroatoms. The SMILES string of the molecule is C=CCCNC(=O)C1CC=CN(C(=O)C(Cc2cccc(O[Si](C)(C)C(C)(C)C)c2)NC(=O)[C@@H](NC(=O)OC(C)(C)C)C(C)C)N1. The average Bonchev–Trinajstić information content (AvgIpc) is 2.93. The van der Waals surface area contributed by atoms with Crippen molar-refractivity contribution < 1.29 is 28.3 Å². The van der Waals surface area contributed by atoms with Gasteiger partial charge in [-0.2, -0.15) is 0 Å². The Morgan fingerprint density at radius 1 is 1.11 bits per heavy atom. The lowest BCUT2D eigenvalue weighted by atomic mass is 10.0. The van der Waals surface area contributed by atoms with Gasteiger partial charge in [-0.05, 0) is 75.4 Å². The van der Waals surface area contributed by atoms with Crippen LogP contribution in [0.15, 0.2) is 49.2 Å². The molecule has 0 saturated carbocycles. The summed E-state index contributed by atoms with van der Waals surface area (Å²) in [5.41, 5.74) is 3.01. The number of amides is 4. The van der Waals surface area contributed by atoms with Gasteiger partial charge in [0.1, 0.15) is 29.5 Å². The molecule has 4 amide bonds. The van der Waals surface area contributed by atoms with E-state index in [4.69, 9.17) is 9.16 Å². The first-order chi connectivity index (χ1) is 21.2. The average molecular weight is 658 g/mol. The standard InChI is InChI=1S/C34H55N5O6Si/c1-12-13-19-35-29(40)26-18-15-20-39(38-26)31(42)27(36-30(41)28(23(2)3)37-32(43)44-33(4,5)6)22-24-16-14-17-25(21-24)45-46(10,11)34(7,8)9/h12,14-17,20-21,23,26-28,38H,1,13,18-19,22H2,2-11H3,(H,35,40)(H,36,41)(H,37,43)/t26?,27?,28-/m0/s1. The fourth-order valence-electron chi connectivity index (χ4n) is 4.31. The Bertz CT molecular complexity index is 1270. The number of ether oxygens (including phenoxy) is 1. The minimum Gasteiger partial charge on any atom is -0.543 e. The minimum absolute atomic E-state index is 0.0107. The molecule has 1 aliphatic rings. The maximum Gasteiger partial charge on any atom is 0.408 e. The highest BCUT2D eigenvalue weighted by Gasteiger charge is 2.39. The molecular weight excluding hydrogens is 602 g/mol. The van der Waals surface area contributed by atoms with Crippen molar-refractivity contribution in [2.75, 3.05) is 6.54 Å². The molecule has 0 aliphatic carbocycles. The van der Waals surface area contributed by atoms with Gasteiger partial charge < -0.3 is 25.1 Å². The predicted molar refractivity (Wildman–Crippen MR) is 183 cm³/mol. The van der Waals surface area contributed by atoms with Crippen LogP contribution in [0.4, 0.5) is 4.79 Å². The summed E-state index contributed by atoms with van der Waals surface area (Å²) < 4.78 is 11.9. The summed E-state index contributed by atoms with van der Waals surface area (Å²) in [5.74, 6) is -0.862. The molecule has 0 spiro atoms. The van der Waals surface area contributed by atoms with Crippen molar-refractivity contribution in [3.63, 3.8) is 0 Å². The summed E-state index contributed by atoms with van der Waals surface area (Å²) in [6, 6.07) is 4.84. The van der Waals surface area contributed by atoms with E-state index in [-0.39, 0.29) is 23.3 Å². The van der Waals surface area contributed by atoms with Crippen LogP contribution in [0.1, 0.15) is 73.8 Å². The van der Waals surface area contributed by atoms with Crippen molar-refractivity contribution in [3.05, 3.63) is 54.8 Å². The number of alkyl carbamates (subject to hydrolysis) is 1. The van der Waals surface area contributed by atoms with Crippen molar-refractivity contribution in [1.82, 2.24) is 26.4 Å². The first-order valence-corrected chi connectivity index (χ1v) is 18.9. The lowest BCUT2D eigenvalue weighted by molar-refractivity contribution is -0.139. The number of rotatable bonds is 13. The van der Waals surface area contributed by atoms with Gasteiger partial charge in [-0.15, -0.1) is 6.58 Å². The molecule has 0 bridgehead atoms. The normalized spacial score (nSPS) is 16.7. The summed E-state index contributed by atoms with van der Waals surface area (Å²) >= 11 is 0. The minimum atomic E-state index is -2.13. The second-order valence-electron chi connectivity index (χ2n) is 14.5. The molecule has 0 radical (unpaired) electrons. The highest BCUT2D eigenvalue weighted by Crippen LogP contribution is 2.37. The molecule has 256 valence electrons. The Hall–Kier alpha value is -3.64. The van der Waals surface area contributed by atoms with Crippen molar-refractivity contribution >= 4 is 32.1 Å². The third-order valence-corrected chi connectivity index (χ3v) is 12.2. The zero-order valence-electron chi connectivity index (χ0n) is 29.3. The monoisotopic (exact) mass is 657 g/mol. The summed E-state index contributed by atoms with van der Waals surface area (Å²) in [5, 5.41) is 9.59. The van der Waals surface area contributed by atoms with E-state index in [1.54, 1.807) is 53.0 Å². The second kappa shape index (κ2) is 16.3. The largest absolute Gasteiger partial charge is 0.543 e. The van der Waals surface area contributed by atoms with Gasteiger partial charge in [0.15, 0.2) is 0 Å². The molecule has 1 aliphatic heterocycles. The van der Waals surface area contributed by atoms with Gasteiger partial charge in [0.2, 0.25) is 20.1 Å². The third-order valence-electron chi connectivity index (χ3n) is 7.88. The van der Waals surface area contributed by atoms with Gasteiger partial charge in [-0.25, -0.2) is 10.2 Å². The Kier molecular flexibility index (Phi) is 13.6. The summed E-state index contributed by atoms with van der Waals surface area (Å²) in [4.78, 5) is 53.1. The highest BCUT2D eigenvalue weighted by atomic mass is 28.4. The van der Waals surface area contributed by atoms with E-state index in [0.717, 1.165) is 5.56 Å². The number of hydrazine groups is 1. The Morgan fingerprint density at radius 3 is 2.37 bits per heavy atom. The van der Waals surface area contributed by atoms with Gasteiger partial charge in [-0.1, -0.05) is 58.9 Å². The van der Waals surface area contributed by atoms with Crippen LogP contribution in [0.25, 0.3) is 0 Å². The molecular formula is C34H55N5O6Si. The van der Waals surface area contributed by atoms with Crippen molar-refractivity contribution in [1.29, 1.82) is 0 Å². The Balaban J connectivity index is 2.37. The Morgan fingerprint density at radius 2 is 1.78 bits per heavy atom. The molecule has 4 N–H and O–H groups in total. The number of carbonyl (C=O) groups excluding carboxylic acids is 4. The van der Waals surface area contributed by atoms with Crippen LogP contribution in [0.2, 0.25) is 18.1 Å².